The van der Waals surface area contributed by atoms with Crippen molar-refractivity contribution in [2.24, 2.45) is 0 Å². The van der Waals surface area contributed by atoms with Crippen molar-refractivity contribution < 1.29 is 0 Å². The summed E-state index contributed by atoms with van der Waals surface area (Å²) in [5.74, 6) is 0.882. The SMILES string of the molecule is CCc1c(NC)ncnc1Sc1ccc(Br)cn1. The Morgan fingerprint density at radius 1 is 1.28 bits per heavy atom. The van der Waals surface area contributed by atoms with Crippen molar-refractivity contribution >= 4 is 33.5 Å². The first kappa shape index (κ1) is 13.3. The second-order valence-corrected chi connectivity index (χ2v) is 5.45. The molecule has 2 heterocycles. The van der Waals surface area contributed by atoms with Crippen LogP contribution in [0.4, 0.5) is 5.82 Å². The Morgan fingerprint density at radius 2 is 2.11 bits per heavy atom. The number of hydrogen-bond donors (Lipinski definition) is 1. The van der Waals surface area contributed by atoms with Crippen LogP contribution in [0, 0.1) is 0 Å². The third-order valence-corrected chi connectivity index (χ3v) is 3.86. The molecule has 0 radical (unpaired) electrons. The van der Waals surface area contributed by atoms with Crippen LogP contribution in [0.25, 0.3) is 0 Å². The molecular weight excluding hydrogens is 312 g/mol. The third kappa shape index (κ3) is 3.00. The van der Waals surface area contributed by atoms with Gasteiger partial charge in [-0.3, -0.25) is 0 Å². The molecule has 0 unspecified atom stereocenters. The van der Waals surface area contributed by atoms with Gasteiger partial charge >= 0.3 is 0 Å². The summed E-state index contributed by atoms with van der Waals surface area (Å²) in [5, 5.41) is 4.96. The van der Waals surface area contributed by atoms with Gasteiger partial charge in [0, 0.05) is 23.3 Å². The minimum Gasteiger partial charge on any atom is -0.373 e. The Bertz CT molecular complexity index is 530. The van der Waals surface area contributed by atoms with E-state index < -0.39 is 0 Å². The van der Waals surface area contributed by atoms with E-state index in [1.54, 1.807) is 24.3 Å². The lowest BCUT2D eigenvalue weighted by Gasteiger charge is -2.09. The molecule has 0 bridgehead atoms. The minimum absolute atomic E-state index is 0.882. The molecule has 0 atom stereocenters. The molecule has 0 aliphatic rings. The van der Waals surface area contributed by atoms with Gasteiger partial charge < -0.3 is 5.32 Å². The average Bonchev–Trinajstić information content (AvgIpc) is 2.41. The summed E-state index contributed by atoms with van der Waals surface area (Å²) in [4.78, 5) is 12.9. The van der Waals surface area contributed by atoms with Gasteiger partial charge in [-0.2, -0.15) is 0 Å². The highest BCUT2D eigenvalue weighted by Gasteiger charge is 2.10. The smallest absolute Gasteiger partial charge is 0.133 e. The van der Waals surface area contributed by atoms with Crippen LogP contribution >= 0.6 is 27.7 Å². The van der Waals surface area contributed by atoms with Crippen molar-refractivity contribution in [3.63, 3.8) is 0 Å². The molecule has 2 aromatic heterocycles. The van der Waals surface area contributed by atoms with E-state index in [1.807, 2.05) is 19.2 Å². The van der Waals surface area contributed by atoms with Gasteiger partial charge in [0.1, 0.15) is 22.2 Å². The molecule has 18 heavy (non-hydrogen) atoms. The zero-order valence-corrected chi connectivity index (χ0v) is 12.5. The summed E-state index contributed by atoms with van der Waals surface area (Å²) in [7, 11) is 1.87. The fraction of sp³-hybridized carbons (Fsp3) is 0.250. The number of aromatic nitrogens is 3. The molecule has 0 saturated carbocycles. The standard InChI is InChI=1S/C12H13BrN4S/c1-3-9-11(14-2)16-7-17-12(9)18-10-5-4-8(13)6-15-10/h4-7H,3H2,1-2H3,(H,14,16,17). The van der Waals surface area contributed by atoms with Gasteiger partial charge in [0.2, 0.25) is 0 Å². The monoisotopic (exact) mass is 324 g/mol. The van der Waals surface area contributed by atoms with Crippen molar-refractivity contribution in [3.8, 4) is 0 Å². The van der Waals surface area contributed by atoms with Gasteiger partial charge in [-0.15, -0.1) is 0 Å². The Balaban J connectivity index is 2.31. The van der Waals surface area contributed by atoms with Crippen LogP contribution < -0.4 is 5.32 Å². The first-order chi connectivity index (χ1) is 8.74. The molecule has 0 aromatic carbocycles. The topological polar surface area (TPSA) is 50.7 Å². The molecule has 0 aliphatic carbocycles. The number of hydrogen-bond acceptors (Lipinski definition) is 5. The predicted octanol–water partition coefficient (Wildman–Crippen LogP) is 3.39. The van der Waals surface area contributed by atoms with Gasteiger partial charge in [0.25, 0.3) is 0 Å². The summed E-state index contributed by atoms with van der Waals surface area (Å²) in [6.45, 7) is 2.10. The second-order valence-electron chi connectivity index (χ2n) is 3.53. The summed E-state index contributed by atoms with van der Waals surface area (Å²) >= 11 is 4.93. The Morgan fingerprint density at radius 3 is 2.72 bits per heavy atom. The predicted molar refractivity (Wildman–Crippen MR) is 77.0 cm³/mol. The van der Waals surface area contributed by atoms with Crippen LogP contribution in [0.2, 0.25) is 0 Å². The maximum absolute atomic E-state index is 4.34. The van der Waals surface area contributed by atoms with Crippen molar-refractivity contribution in [2.45, 2.75) is 23.4 Å². The second kappa shape index (κ2) is 6.15. The summed E-state index contributed by atoms with van der Waals surface area (Å²) in [6.07, 6.45) is 4.25. The third-order valence-electron chi connectivity index (χ3n) is 2.40. The van der Waals surface area contributed by atoms with Crippen LogP contribution in [0.15, 0.2) is 39.2 Å². The van der Waals surface area contributed by atoms with Crippen LogP contribution in [-0.4, -0.2) is 22.0 Å². The Kier molecular flexibility index (Phi) is 4.54. The molecule has 1 N–H and O–H groups in total. The summed E-state index contributed by atoms with van der Waals surface area (Å²) < 4.78 is 0.973. The van der Waals surface area contributed by atoms with E-state index in [2.05, 4.69) is 43.1 Å². The first-order valence-corrected chi connectivity index (χ1v) is 7.16. The van der Waals surface area contributed by atoms with Gasteiger partial charge in [-0.25, -0.2) is 15.0 Å². The van der Waals surface area contributed by atoms with Crippen LogP contribution in [0.3, 0.4) is 0 Å². The quantitative estimate of drug-likeness (QED) is 0.873. The molecule has 4 nitrogen and oxygen atoms in total. The fourth-order valence-corrected chi connectivity index (χ4v) is 2.68. The zero-order valence-electron chi connectivity index (χ0n) is 10.1. The van der Waals surface area contributed by atoms with Gasteiger partial charge in [-0.1, -0.05) is 6.92 Å². The minimum atomic E-state index is 0.882. The Hall–Kier alpha value is -1.14. The Labute approximate surface area is 119 Å². The number of nitrogens with zero attached hydrogens (tertiary/aromatic N) is 3. The van der Waals surface area contributed by atoms with Crippen LogP contribution in [0.1, 0.15) is 12.5 Å². The molecule has 2 rings (SSSR count). The molecule has 0 fully saturated rings. The normalized spacial score (nSPS) is 10.4. The van der Waals surface area contributed by atoms with E-state index in [-0.39, 0.29) is 0 Å². The van der Waals surface area contributed by atoms with Gasteiger partial charge in [0.05, 0.1) is 0 Å². The molecular formula is C12H13BrN4S. The van der Waals surface area contributed by atoms with Crippen molar-refractivity contribution in [3.05, 3.63) is 34.7 Å². The number of nitrogens with one attached hydrogen (secondary N) is 1. The van der Waals surface area contributed by atoms with E-state index in [0.29, 0.717) is 0 Å². The van der Waals surface area contributed by atoms with Crippen molar-refractivity contribution in [1.82, 2.24) is 15.0 Å². The number of pyridine rings is 1. The molecule has 0 saturated heterocycles. The highest BCUT2D eigenvalue weighted by Crippen LogP contribution is 2.30. The fourth-order valence-electron chi connectivity index (χ4n) is 1.54. The molecule has 0 amide bonds. The lowest BCUT2D eigenvalue weighted by molar-refractivity contribution is 0.943. The molecule has 0 spiro atoms. The molecule has 0 aliphatic heterocycles. The van der Waals surface area contributed by atoms with E-state index >= 15 is 0 Å². The number of rotatable bonds is 4. The first-order valence-electron chi connectivity index (χ1n) is 5.55. The van der Waals surface area contributed by atoms with E-state index in [1.165, 1.54) is 0 Å². The summed E-state index contributed by atoms with van der Waals surface area (Å²) in [6, 6.07) is 3.94. The lowest BCUT2D eigenvalue weighted by Crippen LogP contribution is -2.01. The average molecular weight is 325 g/mol. The van der Waals surface area contributed by atoms with Crippen molar-refractivity contribution in [1.29, 1.82) is 0 Å². The molecule has 94 valence electrons. The van der Waals surface area contributed by atoms with E-state index in [9.17, 15) is 0 Å². The van der Waals surface area contributed by atoms with Crippen LogP contribution in [-0.2, 0) is 6.42 Å². The summed E-state index contributed by atoms with van der Waals surface area (Å²) in [5.41, 5.74) is 1.12. The maximum Gasteiger partial charge on any atom is 0.133 e. The molecule has 6 heteroatoms. The molecule has 2 aromatic rings. The maximum atomic E-state index is 4.34. The van der Waals surface area contributed by atoms with Gasteiger partial charge in [-0.05, 0) is 46.2 Å². The van der Waals surface area contributed by atoms with E-state index in [4.69, 9.17) is 0 Å². The zero-order chi connectivity index (χ0) is 13.0. The van der Waals surface area contributed by atoms with E-state index in [0.717, 1.165) is 32.3 Å². The largest absolute Gasteiger partial charge is 0.373 e. The highest BCUT2D eigenvalue weighted by molar-refractivity contribution is 9.10. The lowest BCUT2D eigenvalue weighted by atomic mass is 10.2. The number of halogens is 1. The number of anilines is 1. The highest BCUT2D eigenvalue weighted by atomic mass is 79.9. The van der Waals surface area contributed by atoms with Crippen molar-refractivity contribution in [2.75, 3.05) is 12.4 Å². The van der Waals surface area contributed by atoms with Gasteiger partial charge in [0.15, 0.2) is 0 Å². The van der Waals surface area contributed by atoms with Crippen LogP contribution in [0.5, 0.6) is 0 Å².